The van der Waals surface area contributed by atoms with Gasteiger partial charge in [-0.3, -0.25) is 4.79 Å². The molecule has 1 N–H and O–H groups in total. The van der Waals surface area contributed by atoms with E-state index >= 15 is 0 Å². The molecule has 0 radical (unpaired) electrons. The second kappa shape index (κ2) is 19.0. The summed E-state index contributed by atoms with van der Waals surface area (Å²) >= 11 is 0. The van der Waals surface area contributed by atoms with Crippen LogP contribution in [0, 0.1) is 11.8 Å². The van der Waals surface area contributed by atoms with Crippen molar-refractivity contribution in [3.63, 3.8) is 0 Å². The van der Waals surface area contributed by atoms with Crippen LogP contribution in [0.1, 0.15) is 124 Å². The van der Waals surface area contributed by atoms with Gasteiger partial charge >= 0.3 is 5.97 Å². The van der Waals surface area contributed by atoms with Gasteiger partial charge in [-0.2, -0.15) is 0 Å². The van der Waals surface area contributed by atoms with Crippen molar-refractivity contribution in [3.8, 4) is 0 Å². The van der Waals surface area contributed by atoms with Gasteiger partial charge in [-0.25, -0.2) is 0 Å². The zero-order valence-corrected chi connectivity index (χ0v) is 18.0. The molecule has 0 rings (SSSR count). The number of hydrogen-bond acceptors (Lipinski definition) is 1. The summed E-state index contributed by atoms with van der Waals surface area (Å²) in [6.07, 6.45) is 24.7. The molecule has 26 heavy (non-hydrogen) atoms. The van der Waals surface area contributed by atoms with Crippen molar-refractivity contribution in [2.24, 2.45) is 11.8 Å². The molecule has 2 heteroatoms. The van der Waals surface area contributed by atoms with Crippen molar-refractivity contribution in [2.75, 3.05) is 0 Å². The molecule has 154 valence electrons. The lowest BCUT2D eigenvalue weighted by Gasteiger charge is -2.18. The molecule has 0 spiro atoms. The zero-order chi connectivity index (χ0) is 19.5. The van der Waals surface area contributed by atoms with E-state index in [1.807, 2.05) is 0 Å². The Bertz CT molecular complexity index is 333. The lowest BCUT2D eigenvalue weighted by Crippen LogP contribution is -2.13. The summed E-state index contributed by atoms with van der Waals surface area (Å²) in [7, 11) is 0. The first kappa shape index (κ1) is 25.2. The van der Waals surface area contributed by atoms with E-state index in [9.17, 15) is 4.79 Å². The SMILES string of the molecule is CCCCCCCC/C=C\CCCCCCCCC(CC(=O)O)C(C)C. The Labute approximate surface area is 163 Å². The molecular weight excluding hydrogens is 320 g/mol. The zero-order valence-electron chi connectivity index (χ0n) is 18.0. The third-order valence-corrected chi connectivity index (χ3v) is 5.47. The number of unbranched alkanes of at least 4 members (excludes halogenated alkanes) is 12. The molecule has 0 aliphatic carbocycles. The van der Waals surface area contributed by atoms with Gasteiger partial charge in [0, 0.05) is 6.42 Å². The van der Waals surface area contributed by atoms with Gasteiger partial charge in [0.2, 0.25) is 0 Å². The van der Waals surface area contributed by atoms with Crippen molar-refractivity contribution in [2.45, 2.75) is 124 Å². The Kier molecular flexibility index (Phi) is 18.4. The highest BCUT2D eigenvalue weighted by Crippen LogP contribution is 2.22. The molecule has 0 aromatic heterocycles. The molecule has 1 unspecified atom stereocenters. The lowest BCUT2D eigenvalue weighted by molar-refractivity contribution is -0.138. The summed E-state index contributed by atoms with van der Waals surface area (Å²) in [6.45, 7) is 6.56. The summed E-state index contributed by atoms with van der Waals surface area (Å²) in [5.41, 5.74) is 0. The molecule has 0 aromatic rings. The molecule has 0 aliphatic heterocycles. The predicted octanol–water partition coefficient (Wildman–Crippen LogP) is 8.16. The van der Waals surface area contributed by atoms with E-state index in [2.05, 4.69) is 32.9 Å². The molecule has 0 fully saturated rings. The van der Waals surface area contributed by atoms with Crippen LogP contribution in [0.15, 0.2) is 12.2 Å². The van der Waals surface area contributed by atoms with Crippen LogP contribution in [0.4, 0.5) is 0 Å². The normalized spacial score (nSPS) is 12.9. The minimum atomic E-state index is -0.645. The molecule has 0 bridgehead atoms. The van der Waals surface area contributed by atoms with Crippen LogP contribution in [0.3, 0.4) is 0 Å². The number of allylic oxidation sites excluding steroid dienone is 2. The fourth-order valence-corrected chi connectivity index (χ4v) is 3.55. The first-order chi connectivity index (χ1) is 12.6. The third kappa shape index (κ3) is 18.0. The maximum atomic E-state index is 10.9. The maximum absolute atomic E-state index is 10.9. The fraction of sp³-hybridized carbons (Fsp3) is 0.875. The van der Waals surface area contributed by atoms with Crippen LogP contribution in [0.2, 0.25) is 0 Å². The van der Waals surface area contributed by atoms with Gasteiger partial charge in [-0.05, 0) is 43.9 Å². The Balaban J connectivity index is 3.35. The standard InChI is InChI=1S/C24H46O2/c1-4-5-6-7-8-9-10-11-12-13-14-15-16-17-18-19-20-23(22(2)3)21-24(25)26/h11-12,22-23H,4-10,13-21H2,1-3H3,(H,25,26)/b12-11-. The van der Waals surface area contributed by atoms with Crippen molar-refractivity contribution >= 4 is 5.97 Å². The lowest BCUT2D eigenvalue weighted by atomic mass is 9.87. The summed E-state index contributed by atoms with van der Waals surface area (Å²) in [4.78, 5) is 10.9. The summed E-state index contributed by atoms with van der Waals surface area (Å²) in [5, 5.41) is 8.96. The summed E-state index contributed by atoms with van der Waals surface area (Å²) < 4.78 is 0. The van der Waals surface area contributed by atoms with Gasteiger partial charge in [-0.15, -0.1) is 0 Å². The van der Waals surface area contributed by atoms with E-state index in [-0.39, 0.29) is 0 Å². The van der Waals surface area contributed by atoms with E-state index in [1.165, 1.54) is 89.9 Å². The number of hydrogen-bond donors (Lipinski definition) is 1. The highest BCUT2D eigenvalue weighted by molar-refractivity contribution is 5.67. The molecule has 0 amide bonds. The number of aliphatic carboxylic acids is 1. The second-order valence-electron chi connectivity index (χ2n) is 8.33. The smallest absolute Gasteiger partial charge is 0.303 e. The predicted molar refractivity (Wildman–Crippen MR) is 115 cm³/mol. The highest BCUT2D eigenvalue weighted by atomic mass is 16.4. The number of carboxylic acid groups (broad SMARTS) is 1. The molecule has 0 saturated carbocycles. The monoisotopic (exact) mass is 366 g/mol. The first-order valence-corrected chi connectivity index (χ1v) is 11.4. The van der Waals surface area contributed by atoms with Gasteiger partial charge in [0.25, 0.3) is 0 Å². The molecular formula is C24H46O2. The fourth-order valence-electron chi connectivity index (χ4n) is 3.55. The van der Waals surface area contributed by atoms with E-state index in [4.69, 9.17) is 5.11 Å². The van der Waals surface area contributed by atoms with Crippen LogP contribution in [0.25, 0.3) is 0 Å². The van der Waals surface area contributed by atoms with Gasteiger partial charge in [-0.1, -0.05) is 97.1 Å². The van der Waals surface area contributed by atoms with Crippen LogP contribution in [-0.2, 0) is 4.79 Å². The number of carboxylic acids is 1. The minimum absolute atomic E-state index is 0.336. The minimum Gasteiger partial charge on any atom is -0.481 e. The number of carbonyl (C=O) groups is 1. The van der Waals surface area contributed by atoms with Gasteiger partial charge in [0.05, 0.1) is 0 Å². The molecule has 0 saturated heterocycles. The van der Waals surface area contributed by atoms with Crippen LogP contribution in [0.5, 0.6) is 0 Å². The Morgan fingerprint density at radius 1 is 0.769 bits per heavy atom. The number of rotatable bonds is 19. The average molecular weight is 367 g/mol. The Morgan fingerprint density at radius 3 is 1.69 bits per heavy atom. The Hall–Kier alpha value is -0.790. The van der Waals surface area contributed by atoms with Gasteiger partial charge in [0.15, 0.2) is 0 Å². The van der Waals surface area contributed by atoms with Gasteiger partial charge in [0.1, 0.15) is 0 Å². The largest absolute Gasteiger partial charge is 0.481 e. The first-order valence-electron chi connectivity index (χ1n) is 11.4. The topological polar surface area (TPSA) is 37.3 Å². The highest BCUT2D eigenvalue weighted by Gasteiger charge is 2.16. The Morgan fingerprint density at radius 2 is 1.23 bits per heavy atom. The van der Waals surface area contributed by atoms with E-state index in [1.54, 1.807) is 0 Å². The van der Waals surface area contributed by atoms with Crippen LogP contribution < -0.4 is 0 Å². The maximum Gasteiger partial charge on any atom is 0.303 e. The van der Waals surface area contributed by atoms with E-state index in [0.29, 0.717) is 18.3 Å². The summed E-state index contributed by atoms with van der Waals surface area (Å²) in [6, 6.07) is 0. The molecule has 0 heterocycles. The second-order valence-corrected chi connectivity index (χ2v) is 8.33. The average Bonchev–Trinajstić information content (AvgIpc) is 2.59. The van der Waals surface area contributed by atoms with E-state index in [0.717, 1.165) is 6.42 Å². The van der Waals surface area contributed by atoms with E-state index < -0.39 is 5.97 Å². The molecule has 0 aliphatic rings. The quantitative estimate of drug-likeness (QED) is 0.185. The summed E-state index contributed by atoms with van der Waals surface area (Å²) in [5.74, 6) is 0.187. The van der Waals surface area contributed by atoms with Crippen LogP contribution >= 0.6 is 0 Å². The van der Waals surface area contributed by atoms with Crippen LogP contribution in [-0.4, -0.2) is 11.1 Å². The molecule has 2 nitrogen and oxygen atoms in total. The van der Waals surface area contributed by atoms with Crippen molar-refractivity contribution in [3.05, 3.63) is 12.2 Å². The van der Waals surface area contributed by atoms with Crippen molar-refractivity contribution in [1.29, 1.82) is 0 Å². The van der Waals surface area contributed by atoms with Crippen molar-refractivity contribution < 1.29 is 9.90 Å². The molecule has 1 atom stereocenters. The third-order valence-electron chi connectivity index (χ3n) is 5.47. The molecule has 0 aromatic carbocycles. The van der Waals surface area contributed by atoms with Gasteiger partial charge < -0.3 is 5.11 Å². The van der Waals surface area contributed by atoms with Crippen molar-refractivity contribution in [1.82, 2.24) is 0 Å².